The molecule has 1 atom stereocenters. The van der Waals surface area contributed by atoms with Crippen LogP contribution in [0.3, 0.4) is 0 Å². The summed E-state index contributed by atoms with van der Waals surface area (Å²) in [5.41, 5.74) is 3.22. The van der Waals surface area contributed by atoms with Gasteiger partial charge in [0.2, 0.25) is 0 Å². The molecule has 2 aromatic carbocycles. The molecule has 0 radical (unpaired) electrons. The van der Waals surface area contributed by atoms with Gasteiger partial charge in [-0.05, 0) is 59.2 Å². The molecule has 1 amide bonds. The van der Waals surface area contributed by atoms with Crippen LogP contribution >= 0.6 is 11.3 Å². The largest absolute Gasteiger partial charge is 0.346 e. The number of rotatable bonds is 6. The number of sulfonamides is 1. The van der Waals surface area contributed by atoms with Gasteiger partial charge in [-0.15, -0.1) is 11.3 Å². The number of benzene rings is 2. The van der Waals surface area contributed by atoms with E-state index in [0.29, 0.717) is 11.3 Å². The first-order valence-electron chi connectivity index (χ1n) is 9.64. The first-order valence-corrected chi connectivity index (χ1v) is 12.0. The van der Waals surface area contributed by atoms with E-state index in [-0.39, 0.29) is 21.6 Å². The second-order valence-electron chi connectivity index (χ2n) is 8.18. The van der Waals surface area contributed by atoms with E-state index in [2.05, 4.69) is 42.9 Å². The summed E-state index contributed by atoms with van der Waals surface area (Å²) in [5, 5.41) is 4.69. The van der Waals surface area contributed by atoms with Gasteiger partial charge in [0.25, 0.3) is 15.9 Å². The molecule has 0 bridgehead atoms. The molecular weight excluding hydrogens is 416 g/mol. The second kappa shape index (κ2) is 8.62. The Bertz CT molecular complexity index is 1100. The minimum atomic E-state index is -3.60. The van der Waals surface area contributed by atoms with Crippen LogP contribution in [0, 0.1) is 0 Å². The molecule has 2 N–H and O–H groups in total. The molecule has 0 saturated heterocycles. The standard InChI is InChI=1S/C23H26N2O3S2/c1-16(17-7-11-19(12-8-17)23(2,3)4)24-22(26)18-9-13-20(14-10-18)25-30(27,28)21-6-5-15-29-21/h5-16,25H,1-4H3,(H,24,26). The quantitative estimate of drug-likeness (QED) is 0.541. The van der Waals surface area contributed by atoms with Crippen molar-refractivity contribution in [1.82, 2.24) is 5.32 Å². The summed E-state index contributed by atoms with van der Waals surface area (Å²) in [6.45, 7) is 8.43. The van der Waals surface area contributed by atoms with Crippen LogP contribution in [0.1, 0.15) is 55.2 Å². The number of thiophene rings is 1. The highest BCUT2D eigenvalue weighted by Gasteiger charge is 2.17. The van der Waals surface area contributed by atoms with Gasteiger partial charge in [-0.25, -0.2) is 8.42 Å². The maximum absolute atomic E-state index is 12.6. The molecule has 0 aliphatic carbocycles. The summed E-state index contributed by atoms with van der Waals surface area (Å²) in [7, 11) is -3.60. The lowest BCUT2D eigenvalue weighted by molar-refractivity contribution is 0.0940. The van der Waals surface area contributed by atoms with E-state index in [1.54, 1.807) is 41.8 Å². The normalized spacial score (nSPS) is 12.9. The predicted octanol–water partition coefficient (Wildman–Crippen LogP) is 5.34. The van der Waals surface area contributed by atoms with Crippen molar-refractivity contribution in [3.05, 3.63) is 82.7 Å². The lowest BCUT2D eigenvalue weighted by atomic mass is 9.86. The first-order chi connectivity index (χ1) is 14.1. The second-order valence-corrected chi connectivity index (χ2v) is 11.0. The minimum Gasteiger partial charge on any atom is -0.346 e. The molecule has 0 saturated carbocycles. The van der Waals surface area contributed by atoms with E-state index in [0.717, 1.165) is 16.9 Å². The monoisotopic (exact) mass is 442 g/mol. The Morgan fingerprint density at radius 2 is 1.60 bits per heavy atom. The SMILES string of the molecule is CC(NC(=O)c1ccc(NS(=O)(=O)c2cccs2)cc1)c1ccc(C(C)(C)C)cc1. The van der Waals surface area contributed by atoms with Crippen molar-refractivity contribution >= 4 is 33.0 Å². The minimum absolute atomic E-state index is 0.0811. The van der Waals surface area contributed by atoms with Gasteiger partial charge in [-0.1, -0.05) is 51.1 Å². The molecule has 5 nitrogen and oxygen atoms in total. The third-order valence-corrected chi connectivity index (χ3v) is 7.56. The molecule has 1 aromatic heterocycles. The fraction of sp³-hybridized carbons (Fsp3) is 0.261. The Balaban J connectivity index is 1.64. The van der Waals surface area contributed by atoms with Crippen LogP contribution in [-0.4, -0.2) is 14.3 Å². The van der Waals surface area contributed by atoms with E-state index in [9.17, 15) is 13.2 Å². The molecule has 1 unspecified atom stereocenters. The molecule has 0 fully saturated rings. The van der Waals surface area contributed by atoms with Crippen molar-refractivity contribution in [2.45, 2.75) is 43.4 Å². The highest BCUT2D eigenvalue weighted by atomic mass is 32.2. The number of carbonyl (C=O) groups is 1. The maximum atomic E-state index is 12.6. The van der Waals surface area contributed by atoms with Crippen LogP contribution in [0.15, 0.2) is 70.3 Å². The van der Waals surface area contributed by atoms with E-state index in [1.165, 1.54) is 5.56 Å². The van der Waals surface area contributed by atoms with Crippen LogP contribution < -0.4 is 10.0 Å². The zero-order chi connectivity index (χ0) is 21.9. The van der Waals surface area contributed by atoms with Gasteiger partial charge in [0.1, 0.15) is 4.21 Å². The Labute approximate surface area is 182 Å². The van der Waals surface area contributed by atoms with E-state index < -0.39 is 10.0 Å². The average Bonchev–Trinajstić information content (AvgIpc) is 3.23. The molecular formula is C23H26N2O3S2. The number of hydrogen-bond donors (Lipinski definition) is 2. The third-order valence-electron chi connectivity index (χ3n) is 4.78. The van der Waals surface area contributed by atoms with Crippen LogP contribution in [-0.2, 0) is 15.4 Å². The van der Waals surface area contributed by atoms with Gasteiger partial charge in [-0.3, -0.25) is 9.52 Å². The van der Waals surface area contributed by atoms with E-state index in [4.69, 9.17) is 0 Å². The molecule has 158 valence electrons. The highest BCUT2D eigenvalue weighted by molar-refractivity contribution is 7.94. The predicted molar refractivity (Wildman–Crippen MR) is 123 cm³/mol. The van der Waals surface area contributed by atoms with Crippen LogP contribution in [0.25, 0.3) is 0 Å². The topological polar surface area (TPSA) is 75.3 Å². The molecule has 0 spiro atoms. The summed E-state index contributed by atoms with van der Waals surface area (Å²) in [4.78, 5) is 12.6. The molecule has 7 heteroatoms. The van der Waals surface area contributed by atoms with Crippen molar-refractivity contribution in [2.24, 2.45) is 0 Å². The Morgan fingerprint density at radius 3 is 2.13 bits per heavy atom. The number of amides is 1. The molecule has 3 aromatic rings. The van der Waals surface area contributed by atoms with Crippen molar-refractivity contribution in [2.75, 3.05) is 4.72 Å². The highest BCUT2D eigenvalue weighted by Crippen LogP contribution is 2.24. The lowest BCUT2D eigenvalue weighted by Crippen LogP contribution is -2.26. The summed E-state index contributed by atoms with van der Waals surface area (Å²) in [5.74, 6) is -0.213. The molecule has 0 aliphatic rings. The van der Waals surface area contributed by atoms with Crippen molar-refractivity contribution in [3.63, 3.8) is 0 Å². The van der Waals surface area contributed by atoms with Crippen LogP contribution in [0.5, 0.6) is 0 Å². The third kappa shape index (κ3) is 5.29. The Hall–Kier alpha value is -2.64. The fourth-order valence-corrected chi connectivity index (χ4v) is 5.00. The van der Waals surface area contributed by atoms with Gasteiger partial charge in [0, 0.05) is 11.3 Å². The molecule has 30 heavy (non-hydrogen) atoms. The van der Waals surface area contributed by atoms with Gasteiger partial charge < -0.3 is 5.32 Å². The number of carbonyl (C=O) groups excluding carboxylic acids is 1. The van der Waals surface area contributed by atoms with Crippen molar-refractivity contribution in [1.29, 1.82) is 0 Å². The van der Waals surface area contributed by atoms with Crippen molar-refractivity contribution in [3.8, 4) is 0 Å². The summed E-state index contributed by atoms with van der Waals surface area (Å²) in [6, 6.07) is 17.7. The number of hydrogen-bond acceptors (Lipinski definition) is 4. The summed E-state index contributed by atoms with van der Waals surface area (Å²) in [6.07, 6.45) is 0. The molecule has 0 aliphatic heterocycles. The zero-order valence-electron chi connectivity index (χ0n) is 17.5. The summed E-state index contributed by atoms with van der Waals surface area (Å²) >= 11 is 1.15. The fourth-order valence-electron chi connectivity index (χ4n) is 2.95. The van der Waals surface area contributed by atoms with Gasteiger partial charge >= 0.3 is 0 Å². The Morgan fingerprint density at radius 1 is 0.967 bits per heavy atom. The Kier molecular flexibility index (Phi) is 6.33. The first kappa shape index (κ1) is 22.1. The van der Waals surface area contributed by atoms with Gasteiger partial charge in [0.05, 0.1) is 6.04 Å². The van der Waals surface area contributed by atoms with Gasteiger partial charge in [0.15, 0.2) is 0 Å². The molecule has 3 rings (SSSR count). The number of nitrogens with one attached hydrogen (secondary N) is 2. The van der Waals surface area contributed by atoms with Gasteiger partial charge in [-0.2, -0.15) is 0 Å². The zero-order valence-corrected chi connectivity index (χ0v) is 19.1. The van der Waals surface area contributed by atoms with Crippen LogP contribution in [0.2, 0.25) is 0 Å². The maximum Gasteiger partial charge on any atom is 0.271 e. The summed E-state index contributed by atoms with van der Waals surface area (Å²) < 4.78 is 27.3. The van der Waals surface area contributed by atoms with E-state index in [1.807, 2.05) is 19.1 Å². The smallest absolute Gasteiger partial charge is 0.271 e. The average molecular weight is 443 g/mol. The van der Waals surface area contributed by atoms with E-state index >= 15 is 0 Å². The molecule has 1 heterocycles. The van der Waals surface area contributed by atoms with Crippen molar-refractivity contribution < 1.29 is 13.2 Å². The number of anilines is 1. The van der Waals surface area contributed by atoms with Crippen LogP contribution in [0.4, 0.5) is 5.69 Å². The lowest BCUT2D eigenvalue weighted by Gasteiger charge is -2.20.